The van der Waals surface area contributed by atoms with E-state index >= 15 is 0 Å². The van der Waals surface area contributed by atoms with Crippen molar-refractivity contribution in [2.24, 2.45) is 5.92 Å². The number of anilines is 1. The van der Waals surface area contributed by atoms with E-state index in [4.69, 9.17) is 5.11 Å². The zero-order valence-corrected chi connectivity index (χ0v) is 11.8. The molecule has 0 heterocycles. The van der Waals surface area contributed by atoms with Gasteiger partial charge in [0.25, 0.3) is 0 Å². The average Bonchev–Trinajstić information content (AvgIpc) is 2.38. The predicted molar refractivity (Wildman–Crippen MR) is 75.1 cm³/mol. The first-order valence-corrected chi connectivity index (χ1v) is 6.76. The molecule has 0 aromatic heterocycles. The van der Waals surface area contributed by atoms with Crippen molar-refractivity contribution >= 4 is 17.6 Å². The Kier molecular flexibility index (Phi) is 6.15. The van der Waals surface area contributed by atoms with E-state index in [1.807, 2.05) is 13.8 Å². The molecule has 0 saturated heterocycles. The summed E-state index contributed by atoms with van der Waals surface area (Å²) in [5.41, 5.74) is 0.461. The number of hydrogen-bond donors (Lipinski definition) is 2. The van der Waals surface area contributed by atoms with Crippen molar-refractivity contribution in [1.82, 2.24) is 0 Å². The van der Waals surface area contributed by atoms with Crippen molar-refractivity contribution in [1.29, 1.82) is 0 Å². The lowest BCUT2D eigenvalue weighted by Gasteiger charge is -2.12. The smallest absolute Gasteiger partial charge is 0.307 e. The largest absolute Gasteiger partial charge is 0.481 e. The van der Waals surface area contributed by atoms with Crippen LogP contribution in [0, 0.1) is 11.7 Å². The molecule has 1 aromatic rings. The van der Waals surface area contributed by atoms with Crippen molar-refractivity contribution in [2.75, 3.05) is 5.32 Å². The summed E-state index contributed by atoms with van der Waals surface area (Å²) in [6, 6.07) is 4.06. The summed E-state index contributed by atoms with van der Waals surface area (Å²) in [6.45, 7) is 4.06. The Morgan fingerprint density at radius 2 is 1.95 bits per heavy atom. The molecule has 0 fully saturated rings. The van der Waals surface area contributed by atoms with E-state index in [0.717, 1.165) is 18.9 Å². The molecule has 0 bridgehead atoms. The van der Waals surface area contributed by atoms with Gasteiger partial charge in [-0.15, -0.1) is 0 Å². The minimum atomic E-state index is -1.09. The molecule has 0 saturated carbocycles. The Bertz CT molecular complexity index is 484. The normalized spacial score (nSPS) is 10.6. The van der Waals surface area contributed by atoms with Gasteiger partial charge in [0, 0.05) is 12.1 Å². The second-order valence-electron chi connectivity index (χ2n) is 4.81. The Labute approximate surface area is 118 Å². The summed E-state index contributed by atoms with van der Waals surface area (Å²) in [6.07, 6.45) is 1.89. The third-order valence-electron chi connectivity index (χ3n) is 3.31. The molecule has 0 atom stereocenters. The van der Waals surface area contributed by atoms with Crippen LogP contribution in [0.25, 0.3) is 0 Å². The molecule has 2 N–H and O–H groups in total. The third-order valence-corrected chi connectivity index (χ3v) is 3.31. The van der Waals surface area contributed by atoms with Gasteiger partial charge in [-0.1, -0.05) is 32.8 Å². The van der Waals surface area contributed by atoms with E-state index in [9.17, 15) is 14.0 Å². The molecule has 0 unspecified atom stereocenters. The van der Waals surface area contributed by atoms with Gasteiger partial charge in [-0.05, 0) is 23.6 Å². The molecule has 0 aliphatic rings. The standard InChI is InChI=1S/C15H20FNO3/c1-3-10(4-2)7-14(18)17-12-6-5-11(8-15(19)20)13(16)9-12/h5-6,9-10H,3-4,7-8H2,1-2H3,(H,17,18)(H,19,20). The highest BCUT2D eigenvalue weighted by molar-refractivity contribution is 5.90. The third kappa shape index (κ3) is 4.99. The summed E-state index contributed by atoms with van der Waals surface area (Å²) in [7, 11) is 0. The Hall–Kier alpha value is -1.91. The maximum Gasteiger partial charge on any atom is 0.307 e. The lowest BCUT2D eigenvalue weighted by molar-refractivity contribution is -0.136. The molecule has 1 amide bonds. The lowest BCUT2D eigenvalue weighted by Crippen LogP contribution is -2.16. The fourth-order valence-electron chi connectivity index (χ4n) is 1.98. The lowest BCUT2D eigenvalue weighted by atomic mass is 9.99. The molecule has 1 aromatic carbocycles. The van der Waals surface area contributed by atoms with Crippen LogP contribution >= 0.6 is 0 Å². The number of carbonyl (C=O) groups excluding carboxylic acids is 1. The van der Waals surface area contributed by atoms with E-state index in [2.05, 4.69) is 5.32 Å². The first-order valence-electron chi connectivity index (χ1n) is 6.76. The van der Waals surface area contributed by atoms with Gasteiger partial charge in [0.1, 0.15) is 5.82 Å². The Morgan fingerprint density at radius 3 is 2.45 bits per heavy atom. The molecule has 0 aliphatic carbocycles. The highest BCUT2D eigenvalue weighted by atomic mass is 19.1. The Balaban J connectivity index is 2.67. The van der Waals surface area contributed by atoms with Gasteiger partial charge < -0.3 is 10.4 Å². The maximum absolute atomic E-state index is 13.6. The second kappa shape index (κ2) is 7.62. The van der Waals surface area contributed by atoms with Gasteiger partial charge in [-0.25, -0.2) is 4.39 Å². The molecule has 4 nitrogen and oxygen atoms in total. The zero-order valence-electron chi connectivity index (χ0n) is 11.8. The summed E-state index contributed by atoms with van der Waals surface area (Å²) >= 11 is 0. The van der Waals surface area contributed by atoms with Gasteiger partial charge in [-0.3, -0.25) is 9.59 Å². The van der Waals surface area contributed by atoms with Crippen LogP contribution in [0.15, 0.2) is 18.2 Å². The zero-order chi connectivity index (χ0) is 15.1. The maximum atomic E-state index is 13.6. The van der Waals surface area contributed by atoms with Crippen LogP contribution in [0.2, 0.25) is 0 Å². The number of hydrogen-bond acceptors (Lipinski definition) is 2. The molecule has 1 rings (SSSR count). The molecule has 0 spiro atoms. The molecule has 0 aliphatic heterocycles. The minimum Gasteiger partial charge on any atom is -0.481 e. The number of rotatable bonds is 7. The van der Waals surface area contributed by atoms with E-state index in [-0.39, 0.29) is 17.9 Å². The van der Waals surface area contributed by atoms with Gasteiger partial charge in [0.05, 0.1) is 6.42 Å². The summed E-state index contributed by atoms with van der Waals surface area (Å²) in [4.78, 5) is 22.3. The number of nitrogens with one attached hydrogen (secondary N) is 1. The number of amides is 1. The summed E-state index contributed by atoms with van der Waals surface area (Å²) in [5.74, 6) is -1.53. The van der Waals surface area contributed by atoms with Crippen LogP contribution in [-0.4, -0.2) is 17.0 Å². The molecule has 20 heavy (non-hydrogen) atoms. The minimum absolute atomic E-state index is 0.107. The topological polar surface area (TPSA) is 66.4 Å². The summed E-state index contributed by atoms with van der Waals surface area (Å²) in [5, 5.41) is 11.3. The van der Waals surface area contributed by atoms with Crippen LogP contribution in [-0.2, 0) is 16.0 Å². The first-order chi connectivity index (χ1) is 9.46. The fraction of sp³-hybridized carbons (Fsp3) is 0.467. The van der Waals surface area contributed by atoms with Crippen LogP contribution < -0.4 is 5.32 Å². The number of carboxylic acids is 1. The highest BCUT2D eigenvalue weighted by Gasteiger charge is 2.12. The molecule has 5 heteroatoms. The SMILES string of the molecule is CCC(CC)CC(=O)Nc1ccc(CC(=O)O)c(F)c1. The van der Waals surface area contributed by atoms with Gasteiger partial charge >= 0.3 is 5.97 Å². The number of carbonyl (C=O) groups is 2. The quantitative estimate of drug-likeness (QED) is 0.806. The van der Waals surface area contributed by atoms with E-state index in [1.54, 1.807) is 0 Å². The van der Waals surface area contributed by atoms with Crippen molar-refractivity contribution in [2.45, 2.75) is 39.5 Å². The van der Waals surface area contributed by atoms with Crippen LogP contribution in [0.5, 0.6) is 0 Å². The van der Waals surface area contributed by atoms with E-state index in [1.165, 1.54) is 12.1 Å². The molecular weight excluding hydrogens is 261 g/mol. The van der Waals surface area contributed by atoms with E-state index < -0.39 is 11.8 Å². The van der Waals surface area contributed by atoms with Crippen molar-refractivity contribution in [3.8, 4) is 0 Å². The van der Waals surface area contributed by atoms with Crippen molar-refractivity contribution in [3.05, 3.63) is 29.6 Å². The van der Waals surface area contributed by atoms with E-state index in [0.29, 0.717) is 18.0 Å². The van der Waals surface area contributed by atoms with Crippen molar-refractivity contribution in [3.63, 3.8) is 0 Å². The number of benzene rings is 1. The van der Waals surface area contributed by atoms with Crippen LogP contribution in [0.1, 0.15) is 38.7 Å². The summed E-state index contributed by atoms with van der Waals surface area (Å²) < 4.78 is 13.6. The predicted octanol–water partition coefficient (Wildman–Crippen LogP) is 3.22. The first kappa shape index (κ1) is 16.1. The number of aliphatic carboxylic acids is 1. The number of carboxylic acid groups (broad SMARTS) is 1. The average molecular weight is 281 g/mol. The molecule has 0 radical (unpaired) electrons. The fourth-order valence-corrected chi connectivity index (χ4v) is 1.98. The van der Waals surface area contributed by atoms with Crippen LogP contribution in [0.3, 0.4) is 0 Å². The molecule has 110 valence electrons. The van der Waals surface area contributed by atoms with Gasteiger partial charge in [0.2, 0.25) is 5.91 Å². The monoisotopic (exact) mass is 281 g/mol. The van der Waals surface area contributed by atoms with Gasteiger partial charge in [0.15, 0.2) is 0 Å². The second-order valence-corrected chi connectivity index (χ2v) is 4.81. The highest BCUT2D eigenvalue weighted by Crippen LogP contribution is 2.17. The van der Waals surface area contributed by atoms with Crippen LogP contribution in [0.4, 0.5) is 10.1 Å². The molecular formula is C15H20FNO3. The van der Waals surface area contributed by atoms with Gasteiger partial charge in [-0.2, -0.15) is 0 Å². The number of halogens is 1. The van der Waals surface area contributed by atoms with Crippen molar-refractivity contribution < 1.29 is 19.1 Å². The Morgan fingerprint density at radius 1 is 1.30 bits per heavy atom.